The number of nitrogen functional groups attached to an aromatic ring is 1. The summed E-state index contributed by atoms with van der Waals surface area (Å²) >= 11 is 9.08. The maximum Gasteiger partial charge on any atom is 0.259 e. The molecule has 0 aliphatic carbocycles. The molecule has 0 bridgehead atoms. The fraction of sp³-hybridized carbons (Fsp3) is 0.0714. The van der Waals surface area contributed by atoms with Gasteiger partial charge in [-0.2, -0.15) is 0 Å². The summed E-state index contributed by atoms with van der Waals surface area (Å²) in [7, 11) is 0. The lowest BCUT2D eigenvalue weighted by atomic mass is 10.1. The minimum absolute atomic E-state index is 0.0557. The van der Waals surface area contributed by atoms with Gasteiger partial charge in [0.05, 0.1) is 16.3 Å². The molecule has 0 radical (unpaired) electrons. The SMILES string of the molecule is Cc1cc(N)c(Cl)cc1NC(=O)c1c(F)cccc1Br. The smallest absolute Gasteiger partial charge is 0.259 e. The summed E-state index contributed by atoms with van der Waals surface area (Å²) in [4.78, 5) is 12.1. The summed E-state index contributed by atoms with van der Waals surface area (Å²) < 4.78 is 14.1. The highest BCUT2D eigenvalue weighted by atomic mass is 79.9. The molecule has 6 heteroatoms. The van der Waals surface area contributed by atoms with Crippen molar-refractivity contribution in [3.8, 4) is 0 Å². The van der Waals surface area contributed by atoms with Crippen LogP contribution in [0.25, 0.3) is 0 Å². The van der Waals surface area contributed by atoms with Crippen LogP contribution in [0.4, 0.5) is 15.8 Å². The summed E-state index contributed by atoms with van der Waals surface area (Å²) in [6, 6.07) is 7.53. The van der Waals surface area contributed by atoms with E-state index in [9.17, 15) is 9.18 Å². The predicted octanol–water partition coefficient (Wildman–Crippen LogP) is 4.38. The van der Waals surface area contributed by atoms with Gasteiger partial charge in [-0.1, -0.05) is 17.7 Å². The number of rotatable bonds is 2. The minimum atomic E-state index is -0.601. The largest absolute Gasteiger partial charge is 0.398 e. The first kappa shape index (κ1) is 14.8. The van der Waals surface area contributed by atoms with E-state index in [1.165, 1.54) is 12.1 Å². The molecule has 3 N–H and O–H groups in total. The van der Waals surface area contributed by atoms with Gasteiger partial charge in [0.2, 0.25) is 0 Å². The Hall–Kier alpha value is -1.59. The van der Waals surface area contributed by atoms with Gasteiger partial charge < -0.3 is 11.1 Å². The van der Waals surface area contributed by atoms with Gasteiger partial charge in [-0.25, -0.2) is 4.39 Å². The topological polar surface area (TPSA) is 55.1 Å². The third-order valence-electron chi connectivity index (χ3n) is 2.78. The van der Waals surface area contributed by atoms with Crippen molar-refractivity contribution in [3.05, 3.63) is 56.8 Å². The molecule has 2 aromatic carbocycles. The predicted molar refractivity (Wildman–Crippen MR) is 82.7 cm³/mol. The van der Waals surface area contributed by atoms with E-state index in [4.69, 9.17) is 17.3 Å². The molecule has 0 saturated heterocycles. The molecule has 2 aromatic rings. The van der Waals surface area contributed by atoms with Gasteiger partial charge in [-0.3, -0.25) is 4.79 Å². The van der Waals surface area contributed by atoms with Gasteiger partial charge >= 0.3 is 0 Å². The van der Waals surface area contributed by atoms with Crippen molar-refractivity contribution in [2.24, 2.45) is 0 Å². The average molecular weight is 358 g/mol. The third-order valence-corrected chi connectivity index (χ3v) is 3.77. The Morgan fingerprint density at radius 3 is 2.75 bits per heavy atom. The fourth-order valence-electron chi connectivity index (χ4n) is 1.74. The summed E-state index contributed by atoms with van der Waals surface area (Å²) in [6.45, 7) is 1.78. The van der Waals surface area contributed by atoms with Crippen LogP contribution in [0.15, 0.2) is 34.8 Å². The van der Waals surface area contributed by atoms with Gasteiger partial charge in [-0.15, -0.1) is 0 Å². The van der Waals surface area contributed by atoms with Gasteiger partial charge in [0, 0.05) is 10.2 Å². The zero-order valence-electron chi connectivity index (χ0n) is 10.5. The van der Waals surface area contributed by atoms with Crippen molar-refractivity contribution < 1.29 is 9.18 Å². The lowest BCUT2D eigenvalue weighted by molar-refractivity contribution is 0.102. The Balaban J connectivity index is 2.35. The zero-order valence-corrected chi connectivity index (χ0v) is 12.8. The van der Waals surface area contributed by atoms with Crippen LogP contribution in [-0.4, -0.2) is 5.91 Å². The number of carbonyl (C=O) groups excluding carboxylic acids is 1. The van der Waals surface area contributed by atoms with Crippen LogP contribution in [0.5, 0.6) is 0 Å². The highest BCUT2D eigenvalue weighted by molar-refractivity contribution is 9.10. The molecule has 0 aliphatic rings. The summed E-state index contributed by atoms with van der Waals surface area (Å²) in [6.07, 6.45) is 0. The maximum absolute atomic E-state index is 13.7. The van der Waals surface area contributed by atoms with E-state index in [1.54, 1.807) is 25.1 Å². The van der Waals surface area contributed by atoms with Crippen LogP contribution in [0, 0.1) is 12.7 Å². The van der Waals surface area contributed by atoms with E-state index in [2.05, 4.69) is 21.2 Å². The molecule has 20 heavy (non-hydrogen) atoms. The number of aryl methyl sites for hydroxylation is 1. The molecule has 2 rings (SSSR count). The first-order chi connectivity index (χ1) is 9.40. The van der Waals surface area contributed by atoms with Crippen molar-refractivity contribution in [2.45, 2.75) is 6.92 Å². The van der Waals surface area contributed by atoms with Crippen LogP contribution in [0.1, 0.15) is 15.9 Å². The van der Waals surface area contributed by atoms with Crippen LogP contribution >= 0.6 is 27.5 Å². The van der Waals surface area contributed by atoms with E-state index in [-0.39, 0.29) is 5.56 Å². The van der Waals surface area contributed by atoms with Gasteiger partial charge in [0.25, 0.3) is 5.91 Å². The third kappa shape index (κ3) is 2.94. The monoisotopic (exact) mass is 356 g/mol. The number of halogens is 3. The molecular weight excluding hydrogens is 347 g/mol. The van der Waals surface area contributed by atoms with Crippen LogP contribution in [0.3, 0.4) is 0 Å². The standard InChI is InChI=1S/C14H11BrClFN2O/c1-7-5-11(18)9(16)6-12(7)19-14(20)13-8(15)3-2-4-10(13)17/h2-6H,18H2,1H3,(H,19,20). The first-order valence-corrected chi connectivity index (χ1v) is 6.88. The number of benzene rings is 2. The van der Waals surface area contributed by atoms with E-state index in [0.717, 1.165) is 5.56 Å². The zero-order chi connectivity index (χ0) is 14.9. The van der Waals surface area contributed by atoms with Crippen molar-refractivity contribution in [1.29, 1.82) is 0 Å². The Morgan fingerprint density at radius 1 is 1.40 bits per heavy atom. The highest BCUT2D eigenvalue weighted by Gasteiger charge is 2.16. The molecule has 0 saturated carbocycles. The molecule has 0 heterocycles. The van der Waals surface area contributed by atoms with Crippen LogP contribution < -0.4 is 11.1 Å². The van der Waals surface area contributed by atoms with E-state index >= 15 is 0 Å². The molecule has 0 fully saturated rings. The molecule has 3 nitrogen and oxygen atoms in total. The molecular formula is C14H11BrClFN2O. The van der Waals surface area contributed by atoms with E-state index < -0.39 is 11.7 Å². The molecule has 0 aromatic heterocycles. The molecule has 0 spiro atoms. The van der Waals surface area contributed by atoms with Crippen LogP contribution in [0.2, 0.25) is 5.02 Å². The number of anilines is 2. The number of nitrogens with one attached hydrogen (secondary N) is 1. The second-order valence-corrected chi connectivity index (χ2v) is 5.50. The number of hydrogen-bond donors (Lipinski definition) is 2. The Labute approximate surface area is 129 Å². The summed E-state index contributed by atoms with van der Waals surface area (Å²) in [5.41, 5.74) is 7.27. The van der Waals surface area contributed by atoms with Crippen molar-refractivity contribution in [3.63, 3.8) is 0 Å². The molecule has 0 aliphatic heterocycles. The molecule has 0 unspecified atom stereocenters. The molecule has 0 atom stereocenters. The summed E-state index contributed by atoms with van der Waals surface area (Å²) in [5.74, 6) is -1.16. The number of hydrogen-bond acceptors (Lipinski definition) is 2. The summed E-state index contributed by atoms with van der Waals surface area (Å²) in [5, 5.41) is 2.96. The highest BCUT2D eigenvalue weighted by Crippen LogP contribution is 2.28. The minimum Gasteiger partial charge on any atom is -0.398 e. The van der Waals surface area contributed by atoms with E-state index in [0.29, 0.717) is 20.9 Å². The van der Waals surface area contributed by atoms with Crippen LogP contribution in [-0.2, 0) is 0 Å². The number of carbonyl (C=O) groups is 1. The van der Waals surface area contributed by atoms with Gasteiger partial charge in [0.1, 0.15) is 5.82 Å². The molecule has 1 amide bonds. The quantitative estimate of drug-likeness (QED) is 0.783. The van der Waals surface area contributed by atoms with Crippen molar-refractivity contribution in [1.82, 2.24) is 0 Å². The average Bonchev–Trinajstić information content (AvgIpc) is 2.35. The lowest BCUT2D eigenvalue weighted by Gasteiger charge is -2.11. The number of nitrogens with two attached hydrogens (primary N) is 1. The second kappa shape index (κ2) is 5.81. The Kier molecular flexibility index (Phi) is 4.30. The lowest BCUT2D eigenvalue weighted by Crippen LogP contribution is -2.15. The normalized spacial score (nSPS) is 10.4. The second-order valence-electron chi connectivity index (χ2n) is 4.24. The van der Waals surface area contributed by atoms with Crippen molar-refractivity contribution in [2.75, 3.05) is 11.1 Å². The molecule has 104 valence electrons. The fourth-order valence-corrected chi connectivity index (χ4v) is 2.42. The Morgan fingerprint density at radius 2 is 2.10 bits per heavy atom. The number of amides is 1. The first-order valence-electron chi connectivity index (χ1n) is 5.71. The van der Waals surface area contributed by atoms with Crippen molar-refractivity contribution >= 4 is 44.8 Å². The van der Waals surface area contributed by atoms with Gasteiger partial charge in [-0.05, 0) is 52.7 Å². The maximum atomic E-state index is 13.7. The van der Waals surface area contributed by atoms with Gasteiger partial charge in [0.15, 0.2) is 0 Å². The van der Waals surface area contributed by atoms with E-state index in [1.807, 2.05) is 0 Å². The Bertz CT molecular complexity index is 671.